The molecule has 84 valence electrons. The van der Waals surface area contributed by atoms with Crippen molar-refractivity contribution < 1.29 is 0 Å². The van der Waals surface area contributed by atoms with Crippen LogP contribution < -0.4 is 4.90 Å². The molecular weight excluding hydrogens is 182 g/mol. The van der Waals surface area contributed by atoms with Crippen LogP contribution in [0.4, 0.5) is 5.69 Å². The van der Waals surface area contributed by atoms with Gasteiger partial charge in [0.25, 0.3) is 0 Å². The molecule has 0 unspecified atom stereocenters. The summed E-state index contributed by atoms with van der Waals surface area (Å²) in [6, 6.07) is 10.7. The number of anilines is 1. The van der Waals surface area contributed by atoms with E-state index in [2.05, 4.69) is 56.0 Å². The van der Waals surface area contributed by atoms with E-state index in [9.17, 15) is 0 Å². The minimum Gasteiger partial charge on any atom is -0.371 e. The van der Waals surface area contributed by atoms with Gasteiger partial charge in [-0.05, 0) is 24.5 Å². The lowest BCUT2D eigenvalue weighted by Crippen LogP contribution is -2.28. The van der Waals surface area contributed by atoms with Crippen molar-refractivity contribution in [2.24, 2.45) is 5.92 Å². The standard InChI is InChI=1S/C14H23N/c1-4-5-11-15(12-13(2)3)14-9-7-6-8-10-14/h6-10,13H,4-5,11-12H2,1-3H3. The second-order valence-corrected chi connectivity index (χ2v) is 4.53. The van der Waals surface area contributed by atoms with Gasteiger partial charge < -0.3 is 4.90 Å². The fourth-order valence-corrected chi connectivity index (χ4v) is 1.75. The maximum atomic E-state index is 2.49. The normalized spacial score (nSPS) is 10.7. The van der Waals surface area contributed by atoms with E-state index in [1.165, 1.54) is 25.1 Å². The van der Waals surface area contributed by atoms with Gasteiger partial charge >= 0.3 is 0 Å². The van der Waals surface area contributed by atoms with E-state index in [1.807, 2.05) is 0 Å². The van der Waals surface area contributed by atoms with Gasteiger partial charge in [-0.15, -0.1) is 0 Å². The van der Waals surface area contributed by atoms with Crippen LogP contribution >= 0.6 is 0 Å². The Balaban J connectivity index is 2.63. The van der Waals surface area contributed by atoms with Gasteiger partial charge in [0.05, 0.1) is 0 Å². The number of hydrogen-bond donors (Lipinski definition) is 0. The Hall–Kier alpha value is -0.980. The summed E-state index contributed by atoms with van der Waals surface area (Å²) in [7, 11) is 0. The number of unbranched alkanes of at least 4 members (excludes halogenated alkanes) is 1. The van der Waals surface area contributed by atoms with E-state index >= 15 is 0 Å². The van der Waals surface area contributed by atoms with Crippen LogP contribution in [0.25, 0.3) is 0 Å². The van der Waals surface area contributed by atoms with E-state index in [0.717, 1.165) is 12.5 Å². The van der Waals surface area contributed by atoms with Crippen molar-refractivity contribution in [3.05, 3.63) is 30.3 Å². The zero-order chi connectivity index (χ0) is 11.1. The van der Waals surface area contributed by atoms with Gasteiger partial charge in [-0.3, -0.25) is 0 Å². The Morgan fingerprint density at radius 3 is 2.33 bits per heavy atom. The van der Waals surface area contributed by atoms with Crippen LogP contribution in [-0.2, 0) is 0 Å². The Labute approximate surface area is 94.1 Å². The molecular formula is C14H23N. The first-order valence-electron chi connectivity index (χ1n) is 6.04. The van der Waals surface area contributed by atoms with Gasteiger partial charge in [0, 0.05) is 18.8 Å². The zero-order valence-corrected chi connectivity index (χ0v) is 10.2. The van der Waals surface area contributed by atoms with Crippen LogP contribution in [0.1, 0.15) is 33.6 Å². The molecule has 0 N–H and O–H groups in total. The molecule has 0 saturated carbocycles. The van der Waals surface area contributed by atoms with E-state index in [4.69, 9.17) is 0 Å². The number of para-hydroxylation sites is 1. The smallest absolute Gasteiger partial charge is 0.0366 e. The molecule has 0 atom stereocenters. The Morgan fingerprint density at radius 2 is 1.80 bits per heavy atom. The molecule has 0 spiro atoms. The second kappa shape index (κ2) is 6.49. The van der Waals surface area contributed by atoms with E-state index < -0.39 is 0 Å². The number of nitrogens with zero attached hydrogens (tertiary/aromatic N) is 1. The van der Waals surface area contributed by atoms with Crippen molar-refractivity contribution >= 4 is 5.69 Å². The molecule has 0 amide bonds. The van der Waals surface area contributed by atoms with Crippen LogP contribution in [0.3, 0.4) is 0 Å². The summed E-state index contributed by atoms with van der Waals surface area (Å²) in [6.07, 6.45) is 2.54. The van der Waals surface area contributed by atoms with Gasteiger partial charge in [-0.1, -0.05) is 45.4 Å². The molecule has 0 aromatic heterocycles. The molecule has 0 fully saturated rings. The molecule has 0 bridgehead atoms. The topological polar surface area (TPSA) is 3.24 Å². The third-order valence-electron chi connectivity index (χ3n) is 2.49. The molecule has 0 radical (unpaired) electrons. The molecule has 0 saturated heterocycles. The second-order valence-electron chi connectivity index (χ2n) is 4.53. The third-order valence-corrected chi connectivity index (χ3v) is 2.49. The Morgan fingerprint density at radius 1 is 1.13 bits per heavy atom. The van der Waals surface area contributed by atoms with Gasteiger partial charge in [0.1, 0.15) is 0 Å². The fourth-order valence-electron chi connectivity index (χ4n) is 1.75. The first-order valence-corrected chi connectivity index (χ1v) is 6.04. The lowest BCUT2D eigenvalue weighted by Gasteiger charge is -2.26. The van der Waals surface area contributed by atoms with Crippen molar-refractivity contribution in [2.45, 2.75) is 33.6 Å². The predicted molar refractivity (Wildman–Crippen MR) is 68.4 cm³/mol. The van der Waals surface area contributed by atoms with Crippen LogP contribution in [-0.4, -0.2) is 13.1 Å². The number of rotatable bonds is 6. The van der Waals surface area contributed by atoms with Crippen molar-refractivity contribution in [2.75, 3.05) is 18.0 Å². The third kappa shape index (κ3) is 4.37. The summed E-state index contributed by atoms with van der Waals surface area (Å²) in [6.45, 7) is 9.14. The largest absolute Gasteiger partial charge is 0.371 e. The SMILES string of the molecule is CCCCN(CC(C)C)c1ccccc1. The lowest BCUT2D eigenvalue weighted by atomic mass is 10.1. The summed E-state index contributed by atoms with van der Waals surface area (Å²) in [5.41, 5.74) is 1.36. The van der Waals surface area contributed by atoms with Crippen molar-refractivity contribution in [1.29, 1.82) is 0 Å². The van der Waals surface area contributed by atoms with Crippen LogP contribution in [0.5, 0.6) is 0 Å². The van der Waals surface area contributed by atoms with Gasteiger partial charge in [0.2, 0.25) is 0 Å². The van der Waals surface area contributed by atoms with Gasteiger partial charge in [-0.25, -0.2) is 0 Å². The number of benzene rings is 1. The Bertz CT molecular complexity index is 253. The summed E-state index contributed by atoms with van der Waals surface area (Å²) in [5, 5.41) is 0. The average molecular weight is 205 g/mol. The molecule has 0 aliphatic carbocycles. The fraction of sp³-hybridized carbons (Fsp3) is 0.571. The molecule has 1 nitrogen and oxygen atoms in total. The number of hydrogen-bond acceptors (Lipinski definition) is 1. The van der Waals surface area contributed by atoms with Crippen molar-refractivity contribution in [3.63, 3.8) is 0 Å². The van der Waals surface area contributed by atoms with Crippen LogP contribution in [0.15, 0.2) is 30.3 Å². The highest BCUT2D eigenvalue weighted by molar-refractivity contribution is 5.45. The summed E-state index contributed by atoms with van der Waals surface area (Å²) < 4.78 is 0. The molecule has 1 heteroatoms. The zero-order valence-electron chi connectivity index (χ0n) is 10.2. The minimum absolute atomic E-state index is 0.724. The summed E-state index contributed by atoms with van der Waals surface area (Å²) in [5.74, 6) is 0.724. The first kappa shape index (κ1) is 12.1. The van der Waals surface area contributed by atoms with Crippen LogP contribution in [0, 0.1) is 5.92 Å². The highest BCUT2D eigenvalue weighted by Crippen LogP contribution is 2.15. The summed E-state index contributed by atoms with van der Waals surface area (Å²) in [4.78, 5) is 2.49. The maximum Gasteiger partial charge on any atom is 0.0366 e. The van der Waals surface area contributed by atoms with E-state index in [0.29, 0.717) is 0 Å². The lowest BCUT2D eigenvalue weighted by molar-refractivity contribution is 0.596. The molecule has 0 aliphatic rings. The first-order chi connectivity index (χ1) is 7.24. The van der Waals surface area contributed by atoms with E-state index in [1.54, 1.807) is 0 Å². The molecule has 0 heterocycles. The summed E-state index contributed by atoms with van der Waals surface area (Å²) >= 11 is 0. The maximum absolute atomic E-state index is 2.49. The van der Waals surface area contributed by atoms with E-state index in [-0.39, 0.29) is 0 Å². The highest BCUT2D eigenvalue weighted by Gasteiger charge is 2.06. The van der Waals surface area contributed by atoms with Crippen LogP contribution in [0.2, 0.25) is 0 Å². The van der Waals surface area contributed by atoms with Crippen molar-refractivity contribution in [3.8, 4) is 0 Å². The molecule has 1 rings (SSSR count). The van der Waals surface area contributed by atoms with Gasteiger partial charge in [0.15, 0.2) is 0 Å². The minimum atomic E-state index is 0.724. The highest BCUT2D eigenvalue weighted by atomic mass is 15.1. The molecule has 15 heavy (non-hydrogen) atoms. The molecule has 1 aromatic carbocycles. The average Bonchev–Trinajstić information content (AvgIpc) is 2.25. The molecule has 0 aliphatic heterocycles. The quantitative estimate of drug-likeness (QED) is 0.679. The van der Waals surface area contributed by atoms with Crippen molar-refractivity contribution in [1.82, 2.24) is 0 Å². The molecule has 1 aromatic rings. The Kier molecular flexibility index (Phi) is 5.23. The monoisotopic (exact) mass is 205 g/mol. The van der Waals surface area contributed by atoms with Gasteiger partial charge in [-0.2, -0.15) is 0 Å². The predicted octanol–water partition coefficient (Wildman–Crippen LogP) is 3.95.